The van der Waals surface area contributed by atoms with Gasteiger partial charge in [0.25, 0.3) is 0 Å². The summed E-state index contributed by atoms with van der Waals surface area (Å²) in [5.41, 5.74) is 4.85. The molecule has 0 amide bonds. The van der Waals surface area contributed by atoms with Crippen LogP contribution in [0.25, 0.3) is 0 Å². The normalized spacial score (nSPS) is 10.6. The average Bonchev–Trinajstić information content (AvgIpc) is 2.49. The largest absolute Gasteiger partial charge is 0.494 e. The van der Waals surface area contributed by atoms with Gasteiger partial charge in [-0.3, -0.25) is 5.43 Å². The standard InChI is InChI=1S/C17H20N2O2/c1-3-20-16-10-14(11-17(12-16)21-4-2)13-18-19-15-8-6-5-7-9-15/h5-13,19H,3-4H2,1-2H3. The summed E-state index contributed by atoms with van der Waals surface area (Å²) in [5, 5.41) is 4.23. The van der Waals surface area contributed by atoms with Crippen molar-refractivity contribution >= 4 is 11.9 Å². The molecule has 2 aromatic carbocycles. The van der Waals surface area contributed by atoms with Crippen LogP contribution in [0.2, 0.25) is 0 Å². The second kappa shape index (κ2) is 7.94. The highest BCUT2D eigenvalue weighted by Crippen LogP contribution is 2.22. The third kappa shape index (κ3) is 4.84. The molecule has 0 saturated carbocycles. The molecule has 2 rings (SSSR count). The Labute approximate surface area is 125 Å². The number of rotatable bonds is 7. The van der Waals surface area contributed by atoms with Crippen molar-refractivity contribution in [3.8, 4) is 11.5 Å². The van der Waals surface area contributed by atoms with E-state index in [4.69, 9.17) is 9.47 Å². The third-order valence-corrected chi connectivity index (χ3v) is 2.71. The molecule has 110 valence electrons. The van der Waals surface area contributed by atoms with Crippen molar-refractivity contribution in [1.29, 1.82) is 0 Å². The summed E-state index contributed by atoms with van der Waals surface area (Å²) in [7, 11) is 0. The van der Waals surface area contributed by atoms with Gasteiger partial charge in [-0.05, 0) is 38.1 Å². The van der Waals surface area contributed by atoms with E-state index in [1.165, 1.54) is 0 Å². The molecule has 0 unspecified atom stereocenters. The lowest BCUT2D eigenvalue weighted by Crippen LogP contribution is -1.97. The summed E-state index contributed by atoms with van der Waals surface area (Å²) in [6, 6.07) is 15.6. The highest BCUT2D eigenvalue weighted by molar-refractivity contribution is 5.81. The van der Waals surface area contributed by atoms with Crippen LogP contribution in [0.15, 0.2) is 53.6 Å². The van der Waals surface area contributed by atoms with Crippen LogP contribution in [0, 0.1) is 0 Å². The number of nitrogens with one attached hydrogen (secondary N) is 1. The minimum absolute atomic E-state index is 0.619. The number of benzene rings is 2. The van der Waals surface area contributed by atoms with E-state index < -0.39 is 0 Å². The molecule has 0 bridgehead atoms. The number of hydrogen-bond acceptors (Lipinski definition) is 4. The van der Waals surface area contributed by atoms with Gasteiger partial charge in [-0.2, -0.15) is 5.10 Å². The Morgan fingerprint density at radius 3 is 2.14 bits per heavy atom. The Bertz CT molecular complexity index is 558. The van der Waals surface area contributed by atoms with E-state index in [1.54, 1.807) is 6.21 Å². The Balaban J connectivity index is 2.10. The quantitative estimate of drug-likeness (QED) is 0.619. The fraction of sp³-hybridized carbons (Fsp3) is 0.235. The minimum Gasteiger partial charge on any atom is -0.494 e. The van der Waals surface area contributed by atoms with Crippen molar-refractivity contribution < 1.29 is 9.47 Å². The summed E-state index contributed by atoms with van der Waals surface area (Å²) in [4.78, 5) is 0. The van der Waals surface area contributed by atoms with Gasteiger partial charge in [0, 0.05) is 11.6 Å². The minimum atomic E-state index is 0.619. The highest BCUT2D eigenvalue weighted by Gasteiger charge is 2.01. The van der Waals surface area contributed by atoms with E-state index in [0.29, 0.717) is 13.2 Å². The lowest BCUT2D eigenvalue weighted by Gasteiger charge is -2.08. The fourth-order valence-corrected chi connectivity index (χ4v) is 1.86. The Hall–Kier alpha value is -2.49. The maximum Gasteiger partial charge on any atom is 0.123 e. The molecule has 4 nitrogen and oxygen atoms in total. The maximum atomic E-state index is 5.54. The molecule has 0 spiro atoms. The smallest absolute Gasteiger partial charge is 0.123 e. The van der Waals surface area contributed by atoms with Crippen LogP contribution >= 0.6 is 0 Å². The molecule has 0 aliphatic heterocycles. The van der Waals surface area contributed by atoms with Crippen LogP contribution in [-0.4, -0.2) is 19.4 Å². The second-order valence-electron chi connectivity index (χ2n) is 4.34. The second-order valence-corrected chi connectivity index (χ2v) is 4.34. The van der Waals surface area contributed by atoms with Gasteiger partial charge in [-0.15, -0.1) is 0 Å². The molecule has 0 atom stereocenters. The van der Waals surface area contributed by atoms with E-state index in [0.717, 1.165) is 22.7 Å². The van der Waals surface area contributed by atoms with Crippen molar-refractivity contribution in [3.05, 3.63) is 54.1 Å². The SMILES string of the molecule is CCOc1cc(C=NNc2ccccc2)cc(OCC)c1. The first-order chi connectivity index (χ1) is 10.3. The van der Waals surface area contributed by atoms with Crippen LogP contribution in [-0.2, 0) is 0 Å². The van der Waals surface area contributed by atoms with Gasteiger partial charge in [0.15, 0.2) is 0 Å². The van der Waals surface area contributed by atoms with Gasteiger partial charge in [-0.1, -0.05) is 18.2 Å². The zero-order chi connectivity index (χ0) is 14.9. The molecular weight excluding hydrogens is 264 g/mol. The predicted octanol–water partition coefficient (Wildman–Crippen LogP) is 3.93. The van der Waals surface area contributed by atoms with Crippen molar-refractivity contribution in [2.75, 3.05) is 18.6 Å². The van der Waals surface area contributed by atoms with Crippen LogP contribution in [0.4, 0.5) is 5.69 Å². The summed E-state index contributed by atoms with van der Waals surface area (Å²) in [6.45, 7) is 5.15. The lowest BCUT2D eigenvalue weighted by molar-refractivity contribution is 0.323. The van der Waals surface area contributed by atoms with Gasteiger partial charge in [-0.25, -0.2) is 0 Å². The molecule has 0 heterocycles. The van der Waals surface area contributed by atoms with E-state index in [-0.39, 0.29) is 0 Å². The van der Waals surface area contributed by atoms with E-state index in [1.807, 2.05) is 62.4 Å². The number of hydrogen-bond donors (Lipinski definition) is 1. The summed E-state index contributed by atoms with van der Waals surface area (Å²) in [6.07, 6.45) is 1.75. The topological polar surface area (TPSA) is 42.8 Å². The molecule has 0 saturated heterocycles. The highest BCUT2D eigenvalue weighted by atomic mass is 16.5. The maximum absolute atomic E-state index is 5.54. The molecule has 2 aromatic rings. The van der Waals surface area contributed by atoms with Gasteiger partial charge < -0.3 is 9.47 Å². The van der Waals surface area contributed by atoms with Crippen LogP contribution in [0.1, 0.15) is 19.4 Å². The van der Waals surface area contributed by atoms with Crippen LogP contribution in [0.3, 0.4) is 0 Å². The first-order valence-corrected chi connectivity index (χ1v) is 7.06. The number of para-hydroxylation sites is 1. The number of nitrogens with zero attached hydrogens (tertiary/aromatic N) is 1. The molecule has 21 heavy (non-hydrogen) atoms. The molecule has 4 heteroatoms. The van der Waals surface area contributed by atoms with Crippen molar-refractivity contribution in [2.24, 2.45) is 5.10 Å². The molecule has 0 radical (unpaired) electrons. The van der Waals surface area contributed by atoms with Crippen LogP contribution < -0.4 is 14.9 Å². The van der Waals surface area contributed by atoms with Crippen molar-refractivity contribution in [3.63, 3.8) is 0 Å². The van der Waals surface area contributed by atoms with Crippen molar-refractivity contribution in [1.82, 2.24) is 0 Å². The van der Waals surface area contributed by atoms with Crippen LogP contribution in [0.5, 0.6) is 11.5 Å². The first-order valence-electron chi connectivity index (χ1n) is 7.06. The Kier molecular flexibility index (Phi) is 5.64. The van der Waals surface area contributed by atoms with Gasteiger partial charge >= 0.3 is 0 Å². The van der Waals surface area contributed by atoms with E-state index in [9.17, 15) is 0 Å². The molecular formula is C17H20N2O2. The molecule has 0 aromatic heterocycles. The first kappa shape index (κ1) is 14.9. The van der Waals surface area contributed by atoms with Gasteiger partial charge in [0.2, 0.25) is 0 Å². The van der Waals surface area contributed by atoms with E-state index >= 15 is 0 Å². The number of ether oxygens (including phenoxy) is 2. The number of anilines is 1. The molecule has 0 aliphatic rings. The zero-order valence-corrected chi connectivity index (χ0v) is 12.4. The third-order valence-electron chi connectivity index (χ3n) is 2.71. The van der Waals surface area contributed by atoms with Gasteiger partial charge in [0.1, 0.15) is 11.5 Å². The molecule has 1 N–H and O–H groups in total. The zero-order valence-electron chi connectivity index (χ0n) is 12.4. The average molecular weight is 284 g/mol. The fourth-order valence-electron chi connectivity index (χ4n) is 1.86. The monoisotopic (exact) mass is 284 g/mol. The number of hydrazone groups is 1. The summed E-state index contributed by atoms with van der Waals surface area (Å²) >= 11 is 0. The molecule has 0 fully saturated rings. The summed E-state index contributed by atoms with van der Waals surface area (Å²) < 4.78 is 11.1. The summed E-state index contributed by atoms with van der Waals surface area (Å²) in [5.74, 6) is 1.56. The predicted molar refractivity (Wildman–Crippen MR) is 86.4 cm³/mol. The Morgan fingerprint density at radius 1 is 0.952 bits per heavy atom. The Morgan fingerprint density at radius 2 is 1.57 bits per heavy atom. The lowest BCUT2D eigenvalue weighted by atomic mass is 10.2. The van der Waals surface area contributed by atoms with Gasteiger partial charge in [0.05, 0.1) is 25.1 Å². The van der Waals surface area contributed by atoms with E-state index in [2.05, 4.69) is 10.5 Å². The van der Waals surface area contributed by atoms with Crippen molar-refractivity contribution in [2.45, 2.75) is 13.8 Å². The molecule has 0 aliphatic carbocycles.